The second kappa shape index (κ2) is 12.8. The number of fused-ring (bicyclic) bond motifs is 1. The monoisotopic (exact) mass is 721 g/mol. The lowest BCUT2D eigenvalue weighted by atomic mass is 10.2. The van der Waals surface area contributed by atoms with Crippen LogP contribution in [-0.2, 0) is 6.42 Å². The van der Waals surface area contributed by atoms with Crippen molar-refractivity contribution in [1.29, 1.82) is 0 Å². The molecule has 0 saturated carbocycles. The minimum atomic E-state index is -0.536. The van der Waals surface area contributed by atoms with Crippen molar-refractivity contribution in [2.75, 3.05) is 6.61 Å². The number of nitrogens with zero attached hydrogens (tertiary/aromatic N) is 5. The molecule has 4 rings (SSSR count). The Morgan fingerprint density at radius 2 is 1.92 bits per heavy atom. The number of benzene rings is 2. The summed E-state index contributed by atoms with van der Waals surface area (Å²) in [7, 11) is 0. The molecule has 0 amide bonds. The minimum Gasteiger partial charge on any atom is -0.490 e. The van der Waals surface area contributed by atoms with Crippen LogP contribution in [0.2, 0.25) is 0 Å². The van der Waals surface area contributed by atoms with Crippen LogP contribution in [0, 0.1) is 10.1 Å². The van der Waals surface area contributed by atoms with E-state index in [1.54, 1.807) is 18.3 Å². The number of aryl methyl sites for hydroxylation is 1. The Balaban J connectivity index is 1.77. The fraction of sp³-hybridized carbons (Fsp3) is 0.231. The van der Waals surface area contributed by atoms with Crippen molar-refractivity contribution in [3.8, 4) is 17.4 Å². The zero-order valence-corrected chi connectivity index (χ0v) is 25.6. The summed E-state index contributed by atoms with van der Waals surface area (Å²) in [5.74, 6) is 1.42. The lowest BCUT2D eigenvalue weighted by Crippen LogP contribution is -2.22. The van der Waals surface area contributed by atoms with E-state index < -0.39 is 4.92 Å². The predicted molar refractivity (Wildman–Crippen MR) is 159 cm³/mol. The number of ether oxygens (including phenoxy) is 2. The van der Waals surface area contributed by atoms with Crippen molar-refractivity contribution < 1.29 is 14.4 Å². The summed E-state index contributed by atoms with van der Waals surface area (Å²) in [6.45, 7) is 4.25. The van der Waals surface area contributed by atoms with E-state index in [0.29, 0.717) is 55.8 Å². The number of hydrogen-bond donors (Lipinski definition) is 0. The van der Waals surface area contributed by atoms with E-state index in [1.807, 2.05) is 19.1 Å². The first kappa shape index (κ1) is 28.8. The molecule has 2 aromatic heterocycles. The SMILES string of the molecule is CCCCc1nc2ccc(Br)cc2c(=O)n1N=Cc1cc(OCC)c(Oc2ccc([N+](=O)[O-])cn2)c(Br)c1Br. The quantitative estimate of drug-likeness (QED) is 0.0950. The molecule has 0 atom stereocenters. The van der Waals surface area contributed by atoms with Gasteiger partial charge in [-0.3, -0.25) is 14.9 Å². The lowest BCUT2D eigenvalue weighted by molar-refractivity contribution is -0.385. The highest BCUT2D eigenvalue weighted by molar-refractivity contribution is 9.13. The molecular weight excluding hydrogens is 702 g/mol. The molecule has 0 spiro atoms. The molecule has 0 aliphatic rings. The molecule has 10 nitrogen and oxygen atoms in total. The maximum atomic E-state index is 13.4. The van der Waals surface area contributed by atoms with Crippen LogP contribution in [-0.4, -0.2) is 32.4 Å². The van der Waals surface area contributed by atoms with E-state index in [2.05, 4.69) is 64.8 Å². The molecule has 202 valence electrons. The van der Waals surface area contributed by atoms with Crippen molar-refractivity contribution in [3.63, 3.8) is 0 Å². The smallest absolute Gasteiger partial charge is 0.287 e. The normalized spacial score (nSPS) is 11.3. The zero-order valence-electron chi connectivity index (χ0n) is 20.9. The Bertz CT molecular complexity index is 1620. The molecule has 0 fully saturated rings. The van der Waals surface area contributed by atoms with Crippen molar-refractivity contribution in [2.45, 2.75) is 33.1 Å². The molecule has 0 radical (unpaired) electrons. The molecular formula is C26H22Br3N5O5. The van der Waals surface area contributed by atoms with Crippen LogP contribution in [0.1, 0.15) is 38.1 Å². The molecule has 0 saturated heterocycles. The van der Waals surface area contributed by atoms with Gasteiger partial charge in [-0.25, -0.2) is 9.97 Å². The standard InChI is InChI=1S/C26H22Br3N5O5/c1-3-5-6-21-32-19-9-7-16(27)12-18(19)26(35)33(21)31-13-15-11-20(38-4-2)25(24(29)23(15)28)39-22-10-8-17(14-30-22)34(36)37/h7-14H,3-6H2,1-2H3. The molecule has 0 bridgehead atoms. The Kier molecular flexibility index (Phi) is 9.46. The van der Waals surface area contributed by atoms with Gasteiger partial charge in [0.25, 0.3) is 11.2 Å². The second-order valence-electron chi connectivity index (χ2n) is 8.22. The summed E-state index contributed by atoms with van der Waals surface area (Å²) in [6, 6.07) is 9.81. The molecule has 39 heavy (non-hydrogen) atoms. The van der Waals surface area contributed by atoms with Crippen LogP contribution in [0.5, 0.6) is 17.4 Å². The Morgan fingerprint density at radius 1 is 1.13 bits per heavy atom. The molecule has 0 aliphatic carbocycles. The summed E-state index contributed by atoms with van der Waals surface area (Å²) in [5.41, 5.74) is 0.804. The highest BCUT2D eigenvalue weighted by Crippen LogP contribution is 2.44. The third-order valence-corrected chi connectivity index (χ3v) is 8.17. The Morgan fingerprint density at radius 3 is 2.59 bits per heavy atom. The topological polar surface area (TPSA) is 122 Å². The maximum Gasteiger partial charge on any atom is 0.287 e. The second-order valence-corrected chi connectivity index (χ2v) is 10.7. The molecule has 13 heteroatoms. The number of unbranched alkanes of at least 4 members (excludes halogenated alkanes) is 1. The van der Waals surface area contributed by atoms with Gasteiger partial charge in [-0.1, -0.05) is 29.3 Å². The summed E-state index contributed by atoms with van der Waals surface area (Å²) in [6.07, 6.45) is 5.06. The first-order valence-electron chi connectivity index (χ1n) is 11.9. The van der Waals surface area contributed by atoms with Gasteiger partial charge in [0, 0.05) is 33.1 Å². The van der Waals surface area contributed by atoms with E-state index in [-0.39, 0.29) is 17.1 Å². The van der Waals surface area contributed by atoms with Crippen LogP contribution >= 0.6 is 47.8 Å². The summed E-state index contributed by atoms with van der Waals surface area (Å²) in [5, 5.41) is 15.9. The van der Waals surface area contributed by atoms with Gasteiger partial charge in [0.05, 0.1) is 33.1 Å². The molecule has 0 aliphatic heterocycles. The van der Waals surface area contributed by atoms with Crippen LogP contribution in [0.15, 0.2) is 65.9 Å². The molecule has 2 aromatic carbocycles. The number of aromatic nitrogens is 3. The van der Waals surface area contributed by atoms with Gasteiger partial charge in [-0.2, -0.15) is 9.78 Å². The molecule has 4 aromatic rings. The first-order valence-corrected chi connectivity index (χ1v) is 14.3. The van der Waals surface area contributed by atoms with Crippen LogP contribution in [0.25, 0.3) is 10.9 Å². The third-order valence-electron chi connectivity index (χ3n) is 5.54. The van der Waals surface area contributed by atoms with E-state index in [4.69, 9.17) is 14.5 Å². The number of halogens is 3. The number of pyridine rings is 1. The summed E-state index contributed by atoms with van der Waals surface area (Å²) < 4.78 is 14.9. The highest BCUT2D eigenvalue weighted by atomic mass is 79.9. The van der Waals surface area contributed by atoms with Gasteiger partial charge in [0.1, 0.15) is 12.0 Å². The van der Waals surface area contributed by atoms with Gasteiger partial charge < -0.3 is 9.47 Å². The maximum absolute atomic E-state index is 13.4. The van der Waals surface area contributed by atoms with Gasteiger partial charge in [0.2, 0.25) is 5.88 Å². The third kappa shape index (κ3) is 6.53. The molecule has 0 N–H and O–H groups in total. The van der Waals surface area contributed by atoms with E-state index in [9.17, 15) is 14.9 Å². The fourth-order valence-corrected chi connectivity index (χ4v) is 4.90. The Hall–Kier alpha value is -3.16. The summed E-state index contributed by atoms with van der Waals surface area (Å²) >= 11 is 10.5. The summed E-state index contributed by atoms with van der Waals surface area (Å²) in [4.78, 5) is 32.5. The zero-order chi connectivity index (χ0) is 28.1. The van der Waals surface area contributed by atoms with Crippen LogP contribution in [0.4, 0.5) is 5.69 Å². The van der Waals surface area contributed by atoms with E-state index in [1.165, 1.54) is 16.8 Å². The van der Waals surface area contributed by atoms with E-state index >= 15 is 0 Å². The molecule has 0 unspecified atom stereocenters. The fourth-order valence-electron chi connectivity index (χ4n) is 3.63. The largest absolute Gasteiger partial charge is 0.490 e. The average molecular weight is 724 g/mol. The minimum absolute atomic E-state index is 0.149. The Labute approximate surface area is 248 Å². The van der Waals surface area contributed by atoms with Crippen molar-refractivity contribution in [2.24, 2.45) is 5.10 Å². The number of hydrogen-bond acceptors (Lipinski definition) is 8. The van der Waals surface area contributed by atoms with Crippen molar-refractivity contribution in [1.82, 2.24) is 14.6 Å². The number of rotatable bonds is 10. The first-order chi connectivity index (χ1) is 18.7. The van der Waals surface area contributed by atoms with Crippen molar-refractivity contribution in [3.05, 3.63) is 87.9 Å². The van der Waals surface area contributed by atoms with Gasteiger partial charge in [0.15, 0.2) is 11.5 Å². The highest BCUT2D eigenvalue weighted by Gasteiger charge is 2.19. The predicted octanol–water partition coefficient (Wildman–Crippen LogP) is 7.40. The number of nitro groups is 1. The van der Waals surface area contributed by atoms with Gasteiger partial charge in [-0.05, 0) is 69.5 Å². The van der Waals surface area contributed by atoms with Gasteiger partial charge in [-0.15, -0.1) is 0 Å². The van der Waals surface area contributed by atoms with Crippen LogP contribution < -0.4 is 15.0 Å². The van der Waals surface area contributed by atoms with Gasteiger partial charge >= 0.3 is 0 Å². The lowest BCUT2D eigenvalue weighted by Gasteiger charge is -2.15. The average Bonchev–Trinajstić information content (AvgIpc) is 2.92. The van der Waals surface area contributed by atoms with E-state index in [0.717, 1.165) is 23.5 Å². The molecule has 2 heterocycles. The van der Waals surface area contributed by atoms with Crippen molar-refractivity contribution >= 4 is 70.6 Å². The van der Waals surface area contributed by atoms with Crippen LogP contribution in [0.3, 0.4) is 0 Å².